The van der Waals surface area contributed by atoms with E-state index in [1.54, 1.807) is 30.5 Å². The summed E-state index contributed by atoms with van der Waals surface area (Å²) in [5.74, 6) is -0.517. The lowest BCUT2D eigenvalue weighted by molar-refractivity contribution is -0.144. The molecule has 4 rings (SSSR count). The summed E-state index contributed by atoms with van der Waals surface area (Å²) in [4.78, 5) is 21.5. The van der Waals surface area contributed by atoms with Crippen molar-refractivity contribution < 1.29 is 27.8 Å². The van der Waals surface area contributed by atoms with Gasteiger partial charge >= 0.3 is 12.1 Å². The molecule has 1 aliphatic carbocycles. The minimum absolute atomic E-state index is 0.0231. The SMILES string of the molecule is Cc1cc(OCC2(C(=O)O)CC2)ncc1-c1ccc(-c2ncc(C(F)(F)F)[nH]2)c(Cl)c1. The van der Waals surface area contributed by atoms with Crippen LogP contribution in [-0.2, 0) is 11.0 Å². The second-order valence-electron chi connectivity index (χ2n) is 7.55. The Kier molecular flexibility index (Phi) is 5.17. The highest BCUT2D eigenvalue weighted by Crippen LogP contribution is 2.46. The first-order valence-corrected chi connectivity index (χ1v) is 9.72. The summed E-state index contributed by atoms with van der Waals surface area (Å²) < 4.78 is 44.0. The standard InChI is InChI=1S/C21H17ClF3N3O3/c1-11-6-17(31-10-20(4-5-20)19(29)30)26-8-14(11)12-2-3-13(15(22)7-12)18-27-9-16(28-18)21(23,24)25/h2-3,6-9H,4-5,10H2,1H3,(H,27,28)(H,29,30). The van der Waals surface area contributed by atoms with Gasteiger partial charge in [0.05, 0.1) is 11.2 Å². The van der Waals surface area contributed by atoms with E-state index < -0.39 is 23.3 Å². The summed E-state index contributed by atoms with van der Waals surface area (Å²) in [6.07, 6.45) is -1.03. The molecule has 1 saturated carbocycles. The number of carboxylic acids is 1. The first-order chi connectivity index (χ1) is 14.6. The van der Waals surface area contributed by atoms with Gasteiger partial charge in [0, 0.05) is 23.4 Å². The van der Waals surface area contributed by atoms with Crippen LogP contribution in [0.25, 0.3) is 22.5 Å². The predicted molar refractivity (Wildman–Crippen MR) is 107 cm³/mol. The van der Waals surface area contributed by atoms with Gasteiger partial charge in [0.15, 0.2) is 0 Å². The maximum atomic E-state index is 12.8. The molecule has 10 heteroatoms. The van der Waals surface area contributed by atoms with Gasteiger partial charge in [0.25, 0.3) is 0 Å². The number of aliphatic carboxylic acids is 1. The molecule has 0 atom stereocenters. The highest BCUT2D eigenvalue weighted by atomic mass is 35.5. The number of H-pyrrole nitrogens is 1. The van der Waals surface area contributed by atoms with E-state index in [9.17, 15) is 23.1 Å². The normalized spacial score (nSPS) is 15.0. The predicted octanol–water partition coefficient (Wildman–Crippen LogP) is 5.36. The zero-order valence-corrected chi connectivity index (χ0v) is 17.0. The number of imidazole rings is 1. The molecule has 0 amide bonds. The molecule has 0 unspecified atom stereocenters. The number of hydrogen-bond acceptors (Lipinski definition) is 4. The number of halogens is 4. The Balaban J connectivity index is 1.54. The van der Waals surface area contributed by atoms with E-state index in [-0.39, 0.29) is 17.5 Å². The van der Waals surface area contributed by atoms with Crippen LogP contribution in [0.15, 0.2) is 36.7 Å². The summed E-state index contributed by atoms with van der Waals surface area (Å²) >= 11 is 6.32. The molecule has 1 aliphatic rings. The topological polar surface area (TPSA) is 88.1 Å². The maximum Gasteiger partial charge on any atom is 0.432 e. The highest BCUT2D eigenvalue weighted by Gasteiger charge is 2.51. The number of benzene rings is 1. The number of ether oxygens (including phenoxy) is 1. The van der Waals surface area contributed by atoms with Crippen molar-refractivity contribution in [1.82, 2.24) is 15.0 Å². The molecule has 0 radical (unpaired) electrons. The van der Waals surface area contributed by atoms with Crippen molar-refractivity contribution in [2.24, 2.45) is 5.41 Å². The number of nitrogens with zero attached hydrogens (tertiary/aromatic N) is 2. The third kappa shape index (κ3) is 4.23. The molecule has 0 spiro atoms. The van der Waals surface area contributed by atoms with Crippen LogP contribution in [0, 0.1) is 12.3 Å². The van der Waals surface area contributed by atoms with Crippen molar-refractivity contribution >= 4 is 17.6 Å². The lowest BCUT2D eigenvalue weighted by Gasteiger charge is -2.13. The number of aryl methyl sites for hydroxylation is 1. The van der Waals surface area contributed by atoms with Crippen molar-refractivity contribution in [3.63, 3.8) is 0 Å². The molecule has 162 valence electrons. The molecule has 31 heavy (non-hydrogen) atoms. The molecule has 0 saturated heterocycles. The van der Waals surface area contributed by atoms with Crippen molar-refractivity contribution in [3.8, 4) is 28.4 Å². The van der Waals surface area contributed by atoms with E-state index in [0.29, 0.717) is 24.3 Å². The van der Waals surface area contributed by atoms with Crippen LogP contribution in [0.5, 0.6) is 5.88 Å². The Morgan fingerprint density at radius 3 is 2.52 bits per heavy atom. The number of hydrogen-bond donors (Lipinski definition) is 2. The monoisotopic (exact) mass is 451 g/mol. The molecular weight excluding hydrogens is 435 g/mol. The van der Waals surface area contributed by atoms with Crippen molar-refractivity contribution in [2.45, 2.75) is 25.9 Å². The van der Waals surface area contributed by atoms with E-state index in [2.05, 4.69) is 15.0 Å². The van der Waals surface area contributed by atoms with Crippen LogP contribution in [0.2, 0.25) is 5.02 Å². The smallest absolute Gasteiger partial charge is 0.432 e. The first kappa shape index (κ1) is 21.2. The zero-order valence-electron chi connectivity index (χ0n) is 16.3. The first-order valence-electron chi connectivity index (χ1n) is 9.34. The summed E-state index contributed by atoms with van der Waals surface area (Å²) in [7, 11) is 0. The lowest BCUT2D eigenvalue weighted by atomic mass is 10.0. The Hall–Kier alpha value is -3.07. The van der Waals surface area contributed by atoms with Crippen molar-refractivity contribution in [2.75, 3.05) is 6.61 Å². The maximum absolute atomic E-state index is 12.8. The fourth-order valence-corrected chi connectivity index (χ4v) is 3.44. The molecule has 0 bridgehead atoms. The van der Waals surface area contributed by atoms with Crippen LogP contribution >= 0.6 is 11.6 Å². The molecule has 3 aromatic rings. The van der Waals surface area contributed by atoms with Crippen molar-refractivity contribution in [3.05, 3.63) is 52.9 Å². The second kappa shape index (κ2) is 7.56. The van der Waals surface area contributed by atoms with Crippen LogP contribution in [-0.4, -0.2) is 32.6 Å². The van der Waals surface area contributed by atoms with Crippen molar-refractivity contribution in [1.29, 1.82) is 0 Å². The Bertz CT molecular complexity index is 1160. The molecule has 2 N–H and O–H groups in total. The number of alkyl halides is 3. The zero-order chi connectivity index (χ0) is 22.4. The number of pyridine rings is 1. The van der Waals surface area contributed by atoms with Gasteiger partial charge in [-0.15, -0.1) is 0 Å². The van der Waals surface area contributed by atoms with E-state index in [1.165, 1.54) is 0 Å². The number of aromatic amines is 1. The molecule has 0 aliphatic heterocycles. The van der Waals surface area contributed by atoms with Crippen LogP contribution in [0.3, 0.4) is 0 Å². The van der Waals surface area contributed by atoms with Gasteiger partial charge in [-0.25, -0.2) is 9.97 Å². The van der Waals surface area contributed by atoms with E-state index in [0.717, 1.165) is 22.9 Å². The minimum atomic E-state index is -4.52. The van der Waals surface area contributed by atoms with Crippen LogP contribution in [0.1, 0.15) is 24.1 Å². The average Bonchev–Trinajstić information content (AvgIpc) is 3.33. The number of carboxylic acid groups (broad SMARTS) is 1. The van der Waals surface area contributed by atoms with E-state index in [4.69, 9.17) is 16.3 Å². The van der Waals surface area contributed by atoms with Gasteiger partial charge in [0.1, 0.15) is 23.5 Å². The molecule has 6 nitrogen and oxygen atoms in total. The number of aromatic nitrogens is 3. The molecule has 2 heterocycles. The fraction of sp³-hybridized carbons (Fsp3) is 0.286. The molecular formula is C21H17ClF3N3O3. The number of rotatable bonds is 6. The van der Waals surface area contributed by atoms with Crippen LogP contribution in [0.4, 0.5) is 13.2 Å². The molecule has 2 aromatic heterocycles. The average molecular weight is 452 g/mol. The quantitative estimate of drug-likeness (QED) is 0.526. The summed E-state index contributed by atoms with van der Waals surface area (Å²) in [5.41, 5.74) is 0.887. The summed E-state index contributed by atoms with van der Waals surface area (Å²) in [6, 6.07) is 6.63. The number of nitrogens with one attached hydrogen (secondary N) is 1. The van der Waals surface area contributed by atoms with Gasteiger partial charge in [0.2, 0.25) is 5.88 Å². The lowest BCUT2D eigenvalue weighted by Crippen LogP contribution is -2.23. The van der Waals surface area contributed by atoms with Gasteiger partial charge < -0.3 is 14.8 Å². The third-order valence-corrected chi connectivity index (χ3v) is 5.62. The van der Waals surface area contributed by atoms with Gasteiger partial charge in [-0.1, -0.05) is 17.7 Å². The van der Waals surface area contributed by atoms with E-state index in [1.807, 2.05) is 6.92 Å². The molecule has 1 fully saturated rings. The van der Waals surface area contributed by atoms with Gasteiger partial charge in [-0.3, -0.25) is 4.79 Å². The number of carbonyl (C=O) groups is 1. The summed E-state index contributed by atoms with van der Waals surface area (Å²) in [5, 5.41) is 9.46. The van der Waals surface area contributed by atoms with Gasteiger partial charge in [-0.2, -0.15) is 13.2 Å². The molecule has 1 aromatic carbocycles. The Labute approximate surface area is 180 Å². The Morgan fingerprint density at radius 1 is 1.23 bits per heavy atom. The van der Waals surface area contributed by atoms with Crippen LogP contribution < -0.4 is 4.74 Å². The van der Waals surface area contributed by atoms with Gasteiger partial charge in [-0.05, 0) is 43.0 Å². The minimum Gasteiger partial charge on any atom is -0.481 e. The highest BCUT2D eigenvalue weighted by molar-refractivity contribution is 6.33. The second-order valence-corrected chi connectivity index (χ2v) is 7.96. The third-order valence-electron chi connectivity index (χ3n) is 5.31. The fourth-order valence-electron chi connectivity index (χ4n) is 3.17. The largest absolute Gasteiger partial charge is 0.481 e. The Morgan fingerprint density at radius 2 is 1.97 bits per heavy atom. The summed E-state index contributed by atoms with van der Waals surface area (Å²) in [6.45, 7) is 1.91. The van der Waals surface area contributed by atoms with E-state index >= 15 is 0 Å².